The number of methoxy groups -OCH3 is 2. The molecule has 6 nitrogen and oxygen atoms in total. The Hall–Kier alpha value is -4.58. The molecule has 0 fully saturated rings. The molecule has 0 atom stereocenters. The molecule has 5 rings (SSSR count). The van der Waals surface area contributed by atoms with E-state index in [0.717, 1.165) is 44.2 Å². The van der Waals surface area contributed by atoms with E-state index in [9.17, 15) is 4.79 Å². The minimum absolute atomic E-state index is 0.0474. The molecule has 1 amide bonds. The largest absolute Gasteiger partial charge is 0.493 e. The summed E-state index contributed by atoms with van der Waals surface area (Å²) >= 11 is 0. The molecule has 180 valence electrons. The first kappa shape index (κ1) is 23.2. The van der Waals surface area contributed by atoms with Crippen molar-refractivity contribution in [3.8, 4) is 23.0 Å². The van der Waals surface area contributed by atoms with Crippen molar-refractivity contribution >= 4 is 33.3 Å². The molecule has 0 bridgehead atoms. The number of hydrogen-bond acceptors (Lipinski definition) is 5. The molecule has 0 aliphatic heterocycles. The Morgan fingerprint density at radius 2 is 1.58 bits per heavy atom. The van der Waals surface area contributed by atoms with Crippen molar-refractivity contribution in [2.75, 3.05) is 19.5 Å². The number of aryl methyl sites for hydroxylation is 1. The van der Waals surface area contributed by atoms with Crippen molar-refractivity contribution in [3.05, 3.63) is 96.2 Å². The highest BCUT2D eigenvalue weighted by Crippen LogP contribution is 2.38. The lowest BCUT2D eigenvalue weighted by Crippen LogP contribution is -2.14. The van der Waals surface area contributed by atoms with Crippen LogP contribution < -0.4 is 19.5 Å². The van der Waals surface area contributed by atoms with Crippen LogP contribution in [0, 0.1) is 6.92 Å². The lowest BCUT2D eigenvalue weighted by molar-refractivity contribution is -0.115. The zero-order chi connectivity index (χ0) is 25.1. The maximum Gasteiger partial charge on any atom is 0.228 e. The summed E-state index contributed by atoms with van der Waals surface area (Å²) in [5, 5.41) is 5.89. The van der Waals surface area contributed by atoms with E-state index >= 15 is 0 Å². The average Bonchev–Trinajstić information content (AvgIpc) is 2.90. The van der Waals surface area contributed by atoms with Crippen LogP contribution >= 0.6 is 0 Å². The van der Waals surface area contributed by atoms with Gasteiger partial charge < -0.3 is 19.5 Å². The predicted molar refractivity (Wildman–Crippen MR) is 142 cm³/mol. The van der Waals surface area contributed by atoms with Gasteiger partial charge in [0.15, 0.2) is 11.5 Å². The van der Waals surface area contributed by atoms with Gasteiger partial charge in [0.1, 0.15) is 11.5 Å². The third-order valence-electron chi connectivity index (χ3n) is 6.16. The smallest absolute Gasteiger partial charge is 0.228 e. The van der Waals surface area contributed by atoms with E-state index in [-0.39, 0.29) is 5.91 Å². The second-order valence-corrected chi connectivity index (χ2v) is 8.47. The van der Waals surface area contributed by atoms with Gasteiger partial charge in [0.2, 0.25) is 5.91 Å². The number of rotatable bonds is 7. The fraction of sp³-hybridized carbons (Fsp3) is 0.133. The van der Waals surface area contributed by atoms with Crippen LogP contribution in [-0.4, -0.2) is 25.1 Å². The topological polar surface area (TPSA) is 69.7 Å². The van der Waals surface area contributed by atoms with E-state index in [1.165, 1.54) is 0 Å². The molecule has 6 heteroatoms. The fourth-order valence-electron chi connectivity index (χ4n) is 4.30. The number of carbonyl (C=O) groups is 1. The van der Waals surface area contributed by atoms with Crippen LogP contribution in [0.3, 0.4) is 0 Å². The summed E-state index contributed by atoms with van der Waals surface area (Å²) in [6.07, 6.45) is 2.05. The van der Waals surface area contributed by atoms with Gasteiger partial charge >= 0.3 is 0 Å². The van der Waals surface area contributed by atoms with E-state index in [0.29, 0.717) is 23.7 Å². The summed E-state index contributed by atoms with van der Waals surface area (Å²) in [5.41, 5.74) is 3.49. The highest BCUT2D eigenvalue weighted by Gasteiger charge is 2.13. The van der Waals surface area contributed by atoms with Crippen molar-refractivity contribution in [1.82, 2.24) is 4.98 Å². The Morgan fingerprint density at radius 3 is 2.36 bits per heavy atom. The van der Waals surface area contributed by atoms with Crippen molar-refractivity contribution in [2.45, 2.75) is 13.3 Å². The van der Waals surface area contributed by atoms with Gasteiger partial charge in [-0.2, -0.15) is 0 Å². The van der Waals surface area contributed by atoms with Gasteiger partial charge in [-0.15, -0.1) is 0 Å². The van der Waals surface area contributed by atoms with Crippen LogP contribution in [-0.2, 0) is 11.2 Å². The van der Waals surface area contributed by atoms with E-state index in [4.69, 9.17) is 14.2 Å². The lowest BCUT2D eigenvalue weighted by Gasteiger charge is -2.15. The minimum Gasteiger partial charge on any atom is -0.493 e. The predicted octanol–water partition coefficient (Wildman–Crippen LogP) is 6.69. The molecular weight excluding hydrogens is 452 g/mol. The second-order valence-electron chi connectivity index (χ2n) is 8.47. The number of benzene rings is 4. The van der Waals surface area contributed by atoms with E-state index < -0.39 is 0 Å². The molecule has 0 aliphatic carbocycles. The van der Waals surface area contributed by atoms with Gasteiger partial charge in [0.05, 0.1) is 26.2 Å². The monoisotopic (exact) mass is 478 g/mol. The fourth-order valence-corrected chi connectivity index (χ4v) is 4.30. The van der Waals surface area contributed by atoms with Gasteiger partial charge in [0.25, 0.3) is 0 Å². The van der Waals surface area contributed by atoms with E-state index in [1.54, 1.807) is 20.4 Å². The van der Waals surface area contributed by atoms with Crippen LogP contribution in [0.25, 0.3) is 21.7 Å². The Labute approximate surface area is 209 Å². The van der Waals surface area contributed by atoms with Crippen molar-refractivity contribution < 1.29 is 19.0 Å². The normalized spacial score (nSPS) is 10.9. The Morgan fingerprint density at radius 1 is 0.806 bits per heavy atom. The molecule has 36 heavy (non-hydrogen) atoms. The second kappa shape index (κ2) is 9.96. The van der Waals surface area contributed by atoms with Gasteiger partial charge in [-0.3, -0.25) is 9.78 Å². The maximum atomic E-state index is 12.5. The van der Waals surface area contributed by atoms with E-state index in [2.05, 4.69) is 10.3 Å². The molecular formula is C30H26N2O4. The van der Waals surface area contributed by atoms with Crippen molar-refractivity contribution in [3.63, 3.8) is 0 Å². The lowest BCUT2D eigenvalue weighted by atomic mass is 10.0. The quantitative estimate of drug-likeness (QED) is 0.282. The highest BCUT2D eigenvalue weighted by atomic mass is 16.5. The summed E-state index contributed by atoms with van der Waals surface area (Å²) in [6.45, 7) is 2.03. The zero-order valence-corrected chi connectivity index (χ0v) is 20.4. The molecule has 1 aromatic heterocycles. The minimum atomic E-state index is -0.0474. The van der Waals surface area contributed by atoms with Crippen molar-refractivity contribution in [2.24, 2.45) is 0 Å². The summed E-state index contributed by atoms with van der Waals surface area (Å²) in [6, 6.07) is 25.1. The number of fused-ring (bicyclic) bond motifs is 2. The number of aromatic nitrogens is 1. The summed E-state index contributed by atoms with van der Waals surface area (Å²) in [7, 11) is 3.20. The standard InChI is InChI=1S/C30H26N2O4/c1-19-23-11-10-22(32-30(33)15-20-7-5-4-6-8-20)16-21(23)9-12-26(19)36-27-13-14-31-25-18-29(35-3)28(34-2)17-24(25)27/h4-14,16-18H,15H2,1-3H3,(H,32,33). The summed E-state index contributed by atoms with van der Waals surface area (Å²) < 4.78 is 17.2. The first-order valence-electron chi connectivity index (χ1n) is 11.6. The third kappa shape index (κ3) is 4.66. The number of nitrogens with zero attached hydrogens (tertiary/aromatic N) is 1. The van der Waals surface area contributed by atoms with Gasteiger partial charge in [-0.25, -0.2) is 0 Å². The van der Waals surface area contributed by atoms with Crippen LogP contribution in [0.5, 0.6) is 23.0 Å². The highest BCUT2D eigenvalue weighted by molar-refractivity contribution is 5.97. The van der Waals surface area contributed by atoms with E-state index in [1.807, 2.05) is 85.8 Å². The maximum absolute atomic E-state index is 12.5. The molecule has 5 aromatic rings. The van der Waals surface area contributed by atoms with Gasteiger partial charge in [-0.1, -0.05) is 42.5 Å². The van der Waals surface area contributed by atoms with Crippen LogP contribution in [0.15, 0.2) is 85.1 Å². The zero-order valence-electron chi connectivity index (χ0n) is 20.4. The number of carbonyl (C=O) groups excluding carboxylic acids is 1. The average molecular weight is 479 g/mol. The molecule has 1 N–H and O–H groups in total. The molecule has 0 saturated carbocycles. The Kier molecular flexibility index (Phi) is 6.41. The molecule has 0 saturated heterocycles. The number of anilines is 1. The Bertz CT molecular complexity index is 1560. The molecule has 0 aliphatic rings. The number of ether oxygens (including phenoxy) is 3. The number of amides is 1. The SMILES string of the molecule is COc1cc2nccc(Oc3ccc4cc(NC(=O)Cc5ccccc5)ccc4c3C)c2cc1OC. The molecule has 0 radical (unpaired) electrons. The molecule has 4 aromatic carbocycles. The molecule has 1 heterocycles. The molecule has 0 unspecified atom stereocenters. The van der Waals surface area contributed by atoms with Gasteiger partial charge in [0, 0.05) is 23.3 Å². The number of nitrogens with one attached hydrogen (secondary N) is 1. The first-order chi connectivity index (χ1) is 17.6. The van der Waals surface area contributed by atoms with Crippen molar-refractivity contribution in [1.29, 1.82) is 0 Å². The van der Waals surface area contributed by atoms with Crippen LogP contribution in [0.4, 0.5) is 5.69 Å². The third-order valence-corrected chi connectivity index (χ3v) is 6.16. The molecule has 0 spiro atoms. The summed E-state index contributed by atoms with van der Waals surface area (Å²) in [4.78, 5) is 16.9. The number of pyridine rings is 1. The van der Waals surface area contributed by atoms with Gasteiger partial charge in [-0.05, 0) is 59.2 Å². The summed E-state index contributed by atoms with van der Waals surface area (Å²) in [5.74, 6) is 2.59. The Balaban J connectivity index is 1.41. The number of hydrogen-bond donors (Lipinski definition) is 1. The first-order valence-corrected chi connectivity index (χ1v) is 11.6. The van der Waals surface area contributed by atoms with Crippen LogP contribution in [0.1, 0.15) is 11.1 Å². The van der Waals surface area contributed by atoms with Crippen LogP contribution in [0.2, 0.25) is 0 Å².